The predicted octanol–water partition coefficient (Wildman–Crippen LogP) is 1.17. The number of carbonyl (C=O) groups is 2. The Kier molecular flexibility index (Phi) is 5.51. The van der Waals surface area contributed by atoms with Crippen molar-refractivity contribution < 1.29 is 23.1 Å². The molecule has 8 heteroatoms. The number of aromatic carboxylic acids is 1. The van der Waals surface area contributed by atoms with Crippen LogP contribution in [0.4, 0.5) is 4.79 Å². The summed E-state index contributed by atoms with van der Waals surface area (Å²) in [7, 11) is -4.08. The highest BCUT2D eigenvalue weighted by atomic mass is 32.2. The first-order valence-corrected chi connectivity index (χ1v) is 7.49. The summed E-state index contributed by atoms with van der Waals surface area (Å²) in [5.41, 5.74) is -0.167. The van der Waals surface area contributed by atoms with Crippen LogP contribution in [-0.2, 0) is 10.0 Å². The van der Waals surface area contributed by atoms with Gasteiger partial charge in [-0.25, -0.2) is 22.7 Å². The molecular weight excluding hydrogens is 284 g/mol. The Morgan fingerprint density at radius 3 is 2.60 bits per heavy atom. The van der Waals surface area contributed by atoms with Gasteiger partial charge in [0.05, 0.1) is 10.5 Å². The first kappa shape index (κ1) is 16.0. The molecule has 1 aromatic rings. The Morgan fingerprint density at radius 2 is 2.00 bits per heavy atom. The lowest BCUT2D eigenvalue weighted by molar-refractivity contribution is 0.0696. The van der Waals surface area contributed by atoms with E-state index in [9.17, 15) is 18.0 Å². The van der Waals surface area contributed by atoms with Crippen LogP contribution in [0.2, 0.25) is 0 Å². The van der Waals surface area contributed by atoms with E-state index in [2.05, 4.69) is 5.32 Å². The van der Waals surface area contributed by atoms with Crippen molar-refractivity contribution in [3.63, 3.8) is 0 Å². The van der Waals surface area contributed by atoms with E-state index in [1.54, 1.807) is 0 Å². The molecule has 0 heterocycles. The molecule has 0 radical (unpaired) electrons. The average Bonchev–Trinajstić information content (AvgIpc) is 2.38. The van der Waals surface area contributed by atoms with E-state index in [1.807, 2.05) is 11.6 Å². The van der Waals surface area contributed by atoms with Gasteiger partial charge in [-0.2, -0.15) is 0 Å². The fourth-order valence-corrected chi connectivity index (χ4v) is 2.37. The van der Waals surface area contributed by atoms with E-state index < -0.39 is 22.0 Å². The van der Waals surface area contributed by atoms with Crippen LogP contribution in [0.25, 0.3) is 0 Å². The number of carbonyl (C=O) groups excluding carboxylic acids is 1. The highest BCUT2D eigenvalue weighted by Gasteiger charge is 2.18. The first-order chi connectivity index (χ1) is 9.36. The summed E-state index contributed by atoms with van der Waals surface area (Å²) in [6.07, 6.45) is 1.61. The molecule has 0 aliphatic heterocycles. The molecule has 0 aliphatic rings. The zero-order valence-electron chi connectivity index (χ0n) is 10.9. The summed E-state index contributed by atoms with van der Waals surface area (Å²) >= 11 is 0. The van der Waals surface area contributed by atoms with Crippen molar-refractivity contribution in [3.8, 4) is 0 Å². The maximum Gasteiger partial charge on any atom is 0.335 e. The standard InChI is InChI=1S/C12H16N2O5S/c1-2-3-7-13-12(17)14-20(18,19)10-6-4-5-9(8-10)11(15)16/h4-6,8H,2-3,7H2,1H3,(H,15,16)(H2,13,14,17). The number of carboxylic acid groups (broad SMARTS) is 1. The maximum atomic E-state index is 11.9. The van der Waals surface area contributed by atoms with Crippen LogP contribution in [-0.4, -0.2) is 32.1 Å². The third kappa shape index (κ3) is 4.54. The fraction of sp³-hybridized carbons (Fsp3) is 0.333. The number of nitrogens with one attached hydrogen (secondary N) is 2. The molecule has 1 aromatic carbocycles. The van der Waals surface area contributed by atoms with E-state index in [4.69, 9.17) is 5.11 Å². The molecule has 110 valence electrons. The Balaban J connectivity index is 2.81. The van der Waals surface area contributed by atoms with Crippen molar-refractivity contribution >= 4 is 22.0 Å². The predicted molar refractivity (Wildman–Crippen MR) is 72.0 cm³/mol. The van der Waals surface area contributed by atoms with E-state index >= 15 is 0 Å². The molecule has 1 rings (SSSR count). The monoisotopic (exact) mass is 300 g/mol. The van der Waals surface area contributed by atoms with E-state index in [-0.39, 0.29) is 10.5 Å². The summed E-state index contributed by atoms with van der Waals surface area (Å²) in [6.45, 7) is 2.31. The van der Waals surface area contributed by atoms with Crippen LogP contribution >= 0.6 is 0 Å². The Morgan fingerprint density at radius 1 is 1.30 bits per heavy atom. The molecular formula is C12H16N2O5S. The third-order valence-corrected chi connectivity index (χ3v) is 3.76. The van der Waals surface area contributed by atoms with Crippen molar-refractivity contribution in [3.05, 3.63) is 29.8 Å². The van der Waals surface area contributed by atoms with Gasteiger partial charge >= 0.3 is 12.0 Å². The Hall–Kier alpha value is -2.09. The van der Waals surface area contributed by atoms with Crippen LogP contribution in [0.5, 0.6) is 0 Å². The largest absolute Gasteiger partial charge is 0.478 e. The van der Waals surface area contributed by atoms with Gasteiger partial charge in [0.15, 0.2) is 0 Å². The number of amides is 2. The van der Waals surface area contributed by atoms with Gasteiger partial charge in [0, 0.05) is 6.54 Å². The van der Waals surface area contributed by atoms with Gasteiger partial charge < -0.3 is 10.4 Å². The van der Waals surface area contributed by atoms with Crippen LogP contribution < -0.4 is 10.0 Å². The number of hydrogen-bond donors (Lipinski definition) is 3. The normalized spacial score (nSPS) is 10.8. The van der Waals surface area contributed by atoms with Crippen molar-refractivity contribution in [2.24, 2.45) is 0 Å². The molecule has 2 amide bonds. The van der Waals surface area contributed by atoms with Crippen LogP contribution in [0.15, 0.2) is 29.2 Å². The van der Waals surface area contributed by atoms with Gasteiger partial charge in [0.1, 0.15) is 0 Å². The first-order valence-electron chi connectivity index (χ1n) is 6.01. The molecule has 20 heavy (non-hydrogen) atoms. The third-order valence-electron chi connectivity index (χ3n) is 2.43. The van der Waals surface area contributed by atoms with Gasteiger partial charge in [-0.15, -0.1) is 0 Å². The molecule has 0 atom stereocenters. The number of sulfonamides is 1. The fourth-order valence-electron chi connectivity index (χ4n) is 1.39. The second-order valence-corrected chi connectivity index (χ2v) is 5.73. The minimum absolute atomic E-state index is 0.167. The highest BCUT2D eigenvalue weighted by molar-refractivity contribution is 7.90. The maximum absolute atomic E-state index is 11.9. The summed E-state index contributed by atoms with van der Waals surface area (Å²) in [5.74, 6) is -1.24. The van der Waals surface area contributed by atoms with Gasteiger partial charge in [0.25, 0.3) is 10.0 Å². The minimum atomic E-state index is -4.08. The van der Waals surface area contributed by atoms with Crippen molar-refractivity contribution in [1.29, 1.82) is 0 Å². The molecule has 3 N–H and O–H groups in total. The SMILES string of the molecule is CCCCNC(=O)NS(=O)(=O)c1cccc(C(=O)O)c1. The lowest BCUT2D eigenvalue weighted by atomic mass is 10.2. The molecule has 0 fully saturated rings. The van der Waals surface area contributed by atoms with Crippen LogP contribution in [0.1, 0.15) is 30.1 Å². The van der Waals surface area contributed by atoms with Gasteiger partial charge in [-0.1, -0.05) is 19.4 Å². The van der Waals surface area contributed by atoms with Gasteiger partial charge in [-0.3, -0.25) is 0 Å². The number of urea groups is 1. The van der Waals surface area contributed by atoms with Crippen molar-refractivity contribution in [2.45, 2.75) is 24.7 Å². The van der Waals surface area contributed by atoms with E-state index in [0.29, 0.717) is 6.54 Å². The number of carboxylic acids is 1. The quantitative estimate of drug-likeness (QED) is 0.683. The summed E-state index contributed by atoms with van der Waals surface area (Å²) < 4.78 is 25.6. The molecule has 0 saturated heterocycles. The van der Waals surface area contributed by atoms with Crippen molar-refractivity contribution in [1.82, 2.24) is 10.0 Å². The Bertz CT molecular complexity index is 598. The van der Waals surface area contributed by atoms with Gasteiger partial charge in [-0.05, 0) is 24.6 Å². The molecule has 0 aliphatic carbocycles. The summed E-state index contributed by atoms with van der Waals surface area (Å²) in [5, 5.41) is 11.2. The second kappa shape index (κ2) is 6.90. The molecule has 0 saturated carbocycles. The topological polar surface area (TPSA) is 113 Å². The number of hydrogen-bond acceptors (Lipinski definition) is 4. The van der Waals surface area contributed by atoms with E-state index in [0.717, 1.165) is 18.9 Å². The molecule has 0 spiro atoms. The van der Waals surface area contributed by atoms with Crippen molar-refractivity contribution in [2.75, 3.05) is 6.54 Å². The van der Waals surface area contributed by atoms with Crippen LogP contribution in [0.3, 0.4) is 0 Å². The molecule has 7 nitrogen and oxygen atoms in total. The van der Waals surface area contributed by atoms with Crippen LogP contribution in [0, 0.1) is 0 Å². The average molecular weight is 300 g/mol. The summed E-state index contributed by atoms with van der Waals surface area (Å²) in [6, 6.07) is 3.94. The summed E-state index contributed by atoms with van der Waals surface area (Å²) in [4.78, 5) is 21.9. The number of benzene rings is 1. The lowest BCUT2D eigenvalue weighted by Crippen LogP contribution is -2.39. The second-order valence-electron chi connectivity index (χ2n) is 4.05. The minimum Gasteiger partial charge on any atom is -0.478 e. The zero-order chi connectivity index (χ0) is 15.2. The zero-order valence-corrected chi connectivity index (χ0v) is 11.7. The molecule has 0 aromatic heterocycles. The number of rotatable bonds is 6. The smallest absolute Gasteiger partial charge is 0.335 e. The molecule has 0 unspecified atom stereocenters. The Labute approximate surface area is 117 Å². The molecule has 0 bridgehead atoms. The van der Waals surface area contributed by atoms with Gasteiger partial charge in [0.2, 0.25) is 0 Å². The lowest BCUT2D eigenvalue weighted by Gasteiger charge is -2.08. The van der Waals surface area contributed by atoms with E-state index in [1.165, 1.54) is 18.2 Å². The number of unbranched alkanes of at least 4 members (excludes halogenated alkanes) is 1. The highest BCUT2D eigenvalue weighted by Crippen LogP contribution is 2.11.